The van der Waals surface area contributed by atoms with Crippen LogP contribution in [0.2, 0.25) is 0 Å². The molecule has 0 saturated carbocycles. The highest BCUT2D eigenvalue weighted by molar-refractivity contribution is 5.94. The summed E-state index contributed by atoms with van der Waals surface area (Å²) in [6.07, 6.45) is 1.96. The van der Waals surface area contributed by atoms with Gasteiger partial charge in [-0.15, -0.1) is 0 Å². The van der Waals surface area contributed by atoms with E-state index in [1.165, 1.54) is 0 Å². The first kappa shape index (κ1) is 22.3. The van der Waals surface area contributed by atoms with E-state index in [2.05, 4.69) is 17.3 Å². The summed E-state index contributed by atoms with van der Waals surface area (Å²) in [5.74, 6) is -0.559. The summed E-state index contributed by atoms with van der Waals surface area (Å²) >= 11 is 0. The van der Waals surface area contributed by atoms with Crippen LogP contribution in [0.4, 0.5) is 0 Å². The maximum atomic E-state index is 12.5. The normalized spacial score (nSPS) is 11.7. The summed E-state index contributed by atoms with van der Waals surface area (Å²) in [5, 5.41) is 7.52. The Balaban J connectivity index is 1.96. The van der Waals surface area contributed by atoms with E-state index in [0.29, 0.717) is 5.56 Å². The summed E-state index contributed by atoms with van der Waals surface area (Å²) < 4.78 is 6.86. The van der Waals surface area contributed by atoms with Crippen LogP contribution in [0.3, 0.4) is 0 Å². The molecule has 1 amide bonds. The van der Waals surface area contributed by atoms with Crippen LogP contribution in [0.1, 0.15) is 60.0 Å². The standard InChI is InChI=1S/C25H29N3O3/c1-5-9-18(4)26-24(29)19-12-14-20(15-13-19)28-23(21-11-8-7-10-17(21)3)16-22(27-28)25(30)31-6-2/h7-8,10-16,18H,5-6,9H2,1-4H3,(H,26,29)/t18-/m0/s1. The number of ether oxygens (including phenoxy) is 1. The van der Waals surface area contributed by atoms with Gasteiger partial charge in [0.15, 0.2) is 5.69 Å². The molecular formula is C25H29N3O3. The zero-order valence-corrected chi connectivity index (χ0v) is 18.5. The van der Waals surface area contributed by atoms with E-state index in [9.17, 15) is 9.59 Å². The number of nitrogens with one attached hydrogen (secondary N) is 1. The highest BCUT2D eigenvalue weighted by Gasteiger charge is 2.19. The average molecular weight is 420 g/mol. The van der Waals surface area contributed by atoms with Crippen LogP contribution >= 0.6 is 0 Å². The van der Waals surface area contributed by atoms with E-state index in [0.717, 1.165) is 35.3 Å². The summed E-state index contributed by atoms with van der Waals surface area (Å²) in [6.45, 7) is 8.17. The Hall–Kier alpha value is -3.41. The summed E-state index contributed by atoms with van der Waals surface area (Å²) in [6, 6.07) is 17.0. The minimum atomic E-state index is -0.461. The molecule has 0 spiro atoms. The molecule has 31 heavy (non-hydrogen) atoms. The van der Waals surface area contributed by atoms with Crippen LogP contribution < -0.4 is 5.32 Å². The van der Waals surface area contributed by atoms with E-state index in [-0.39, 0.29) is 24.2 Å². The molecule has 1 atom stereocenters. The van der Waals surface area contributed by atoms with Gasteiger partial charge in [0.25, 0.3) is 5.91 Å². The fraction of sp³-hybridized carbons (Fsp3) is 0.320. The number of carbonyl (C=O) groups is 2. The lowest BCUT2D eigenvalue weighted by molar-refractivity contribution is 0.0518. The second-order valence-corrected chi connectivity index (χ2v) is 7.57. The number of nitrogens with zero attached hydrogens (tertiary/aromatic N) is 2. The molecule has 3 aromatic rings. The van der Waals surface area contributed by atoms with Crippen LogP contribution in [0.5, 0.6) is 0 Å². The highest BCUT2D eigenvalue weighted by Crippen LogP contribution is 2.27. The molecule has 0 aliphatic rings. The Labute approximate surface area is 183 Å². The number of aryl methyl sites for hydroxylation is 1. The van der Waals surface area contributed by atoms with Gasteiger partial charge < -0.3 is 10.1 Å². The van der Waals surface area contributed by atoms with E-state index in [4.69, 9.17) is 4.74 Å². The maximum Gasteiger partial charge on any atom is 0.358 e. The van der Waals surface area contributed by atoms with Crippen LogP contribution in [0.15, 0.2) is 54.6 Å². The average Bonchev–Trinajstić information content (AvgIpc) is 3.20. The van der Waals surface area contributed by atoms with Gasteiger partial charge in [-0.2, -0.15) is 5.10 Å². The lowest BCUT2D eigenvalue weighted by Gasteiger charge is -2.13. The minimum absolute atomic E-state index is 0.0979. The number of carbonyl (C=O) groups excluding carboxylic acids is 2. The molecule has 0 radical (unpaired) electrons. The van der Waals surface area contributed by atoms with E-state index in [1.807, 2.05) is 50.2 Å². The molecule has 0 fully saturated rings. The molecule has 3 rings (SSSR count). The van der Waals surface area contributed by atoms with Crippen molar-refractivity contribution in [3.05, 3.63) is 71.4 Å². The van der Waals surface area contributed by atoms with Crippen molar-refractivity contribution in [2.24, 2.45) is 0 Å². The lowest BCUT2D eigenvalue weighted by atomic mass is 10.1. The molecule has 1 N–H and O–H groups in total. The Morgan fingerprint density at radius 3 is 2.45 bits per heavy atom. The number of hydrogen-bond acceptors (Lipinski definition) is 4. The number of esters is 1. The van der Waals surface area contributed by atoms with Crippen LogP contribution in [0.25, 0.3) is 16.9 Å². The van der Waals surface area contributed by atoms with E-state index >= 15 is 0 Å². The molecule has 0 unspecified atom stereocenters. The van der Waals surface area contributed by atoms with Gasteiger partial charge in [0.2, 0.25) is 0 Å². The minimum Gasteiger partial charge on any atom is -0.461 e. The molecule has 0 bridgehead atoms. The summed E-state index contributed by atoms with van der Waals surface area (Å²) in [4.78, 5) is 24.8. The molecule has 162 valence electrons. The largest absolute Gasteiger partial charge is 0.461 e. The first-order chi connectivity index (χ1) is 14.9. The monoisotopic (exact) mass is 419 g/mol. The molecule has 1 aromatic heterocycles. The molecule has 0 saturated heterocycles. The van der Waals surface area contributed by atoms with Gasteiger partial charge >= 0.3 is 5.97 Å². The first-order valence-corrected chi connectivity index (χ1v) is 10.7. The first-order valence-electron chi connectivity index (χ1n) is 10.7. The van der Waals surface area contributed by atoms with Crippen LogP contribution in [0, 0.1) is 6.92 Å². The van der Waals surface area contributed by atoms with Crippen molar-refractivity contribution < 1.29 is 14.3 Å². The van der Waals surface area contributed by atoms with Gasteiger partial charge in [-0.3, -0.25) is 4.79 Å². The number of amides is 1. The molecule has 6 nitrogen and oxygen atoms in total. The fourth-order valence-corrected chi connectivity index (χ4v) is 3.50. The Morgan fingerprint density at radius 2 is 1.81 bits per heavy atom. The SMILES string of the molecule is CCC[C@H](C)NC(=O)c1ccc(-n2nc(C(=O)OCC)cc2-c2ccccc2C)cc1. The Bertz CT molecular complexity index is 1050. The third-order valence-electron chi connectivity index (χ3n) is 5.09. The molecule has 1 heterocycles. The smallest absolute Gasteiger partial charge is 0.358 e. The third kappa shape index (κ3) is 5.20. The van der Waals surface area contributed by atoms with Crippen molar-refractivity contribution in [3.63, 3.8) is 0 Å². The van der Waals surface area contributed by atoms with Gasteiger partial charge in [-0.1, -0.05) is 37.6 Å². The van der Waals surface area contributed by atoms with Crippen LogP contribution in [-0.2, 0) is 4.74 Å². The predicted molar refractivity (Wildman–Crippen MR) is 122 cm³/mol. The van der Waals surface area contributed by atoms with Gasteiger partial charge in [-0.25, -0.2) is 9.48 Å². The van der Waals surface area contributed by atoms with Crippen molar-refractivity contribution in [1.82, 2.24) is 15.1 Å². The lowest BCUT2D eigenvalue weighted by Crippen LogP contribution is -2.32. The van der Waals surface area contributed by atoms with Crippen molar-refractivity contribution >= 4 is 11.9 Å². The molecular weight excluding hydrogens is 390 g/mol. The van der Waals surface area contributed by atoms with Crippen molar-refractivity contribution in [2.45, 2.75) is 46.6 Å². The van der Waals surface area contributed by atoms with Gasteiger partial charge in [-0.05, 0) is 63.1 Å². The number of hydrogen-bond donors (Lipinski definition) is 1. The van der Waals surface area contributed by atoms with Crippen LogP contribution in [-0.4, -0.2) is 34.3 Å². The third-order valence-corrected chi connectivity index (χ3v) is 5.09. The van der Waals surface area contributed by atoms with Gasteiger partial charge in [0.05, 0.1) is 18.0 Å². The maximum absolute atomic E-state index is 12.5. The Morgan fingerprint density at radius 1 is 1.10 bits per heavy atom. The predicted octanol–water partition coefficient (Wildman–Crippen LogP) is 4.94. The van der Waals surface area contributed by atoms with Crippen molar-refractivity contribution in [3.8, 4) is 16.9 Å². The Kier molecular flexibility index (Phi) is 7.23. The summed E-state index contributed by atoms with van der Waals surface area (Å²) in [5.41, 5.74) is 4.42. The van der Waals surface area contributed by atoms with E-state index in [1.54, 1.807) is 29.8 Å². The van der Waals surface area contributed by atoms with Crippen molar-refractivity contribution in [1.29, 1.82) is 0 Å². The van der Waals surface area contributed by atoms with Crippen molar-refractivity contribution in [2.75, 3.05) is 6.61 Å². The summed E-state index contributed by atoms with van der Waals surface area (Å²) in [7, 11) is 0. The highest BCUT2D eigenvalue weighted by atomic mass is 16.5. The quantitative estimate of drug-likeness (QED) is 0.525. The number of aromatic nitrogens is 2. The molecule has 2 aromatic carbocycles. The second kappa shape index (κ2) is 10.1. The molecule has 0 aliphatic heterocycles. The van der Waals surface area contributed by atoms with E-state index < -0.39 is 5.97 Å². The zero-order valence-electron chi connectivity index (χ0n) is 18.5. The fourth-order valence-electron chi connectivity index (χ4n) is 3.50. The molecule has 0 aliphatic carbocycles. The second-order valence-electron chi connectivity index (χ2n) is 7.57. The number of benzene rings is 2. The number of rotatable bonds is 8. The van der Waals surface area contributed by atoms with Gasteiger partial charge in [0, 0.05) is 17.2 Å². The zero-order chi connectivity index (χ0) is 22.4. The topological polar surface area (TPSA) is 73.2 Å². The van der Waals surface area contributed by atoms with Gasteiger partial charge in [0.1, 0.15) is 0 Å². The molecule has 6 heteroatoms.